The van der Waals surface area contributed by atoms with Crippen LogP contribution in [0.2, 0.25) is 0 Å². The maximum Gasteiger partial charge on any atom is 0.472 e. The summed E-state index contributed by atoms with van der Waals surface area (Å²) in [5.41, 5.74) is 0. The van der Waals surface area contributed by atoms with E-state index in [2.05, 4.69) is 98.9 Å². The maximum atomic E-state index is 12.7. The van der Waals surface area contributed by atoms with Crippen molar-refractivity contribution >= 4 is 19.8 Å². The molecule has 58 heavy (non-hydrogen) atoms. The van der Waals surface area contributed by atoms with E-state index in [0.717, 1.165) is 103 Å². The van der Waals surface area contributed by atoms with Crippen LogP contribution in [0.3, 0.4) is 0 Å². The molecule has 2 atom stereocenters. The average Bonchev–Trinajstić information content (AvgIpc) is 3.17. The van der Waals surface area contributed by atoms with E-state index in [-0.39, 0.29) is 32.0 Å². The van der Waals surface area contributed by atoms with E-state index in [1.165, 1.54) is 19.3 Å². The van der Waals surface area contributed by atoms with Crippen LogP contribution in [0.25, 0.3) is 0 Å². The Labute approximate surface area is 354 Å². The Hall–Kier alpha value is -2.81. The number of phosphoric ester groups is 1. The maximum absolute atomic E-state index is 12.7. The lowest BCUT2D eigenvalue weighted by Gasteiger charge is -2.24. The molecule has 0 aliphatic heterocycles. The van der Waals surface area contributed by atoms with Gasteiger partial charge in [-0.3, -0.25) is 18.6 Å². The Kier molecular flexibility index (Phi) is 37.7. The highest BCUT2D eigenvalue weighted by Crippen LogP contribution is 2.43. The van der Waals surface area contributed by atoms with Gasteiger partial charge in [0.15, 0.2) is 6.10 Å². The molecule has 332 valence electrons. The normalized spacial score (nSPS) is 14.4. The molecular weight excluding hydrogens is 750 g/mol. The first-order valence-electron chi connectivity index (χ1n) is 22.3. The molecule has 0 aromatic carbocycles. The van der Waals surface area contributed by atoms with E-state index >= 15 is 0 Å². The van der Waals surface area contributed by atoms with Gasteiger partial charge in [-0.05, 0) is 83.5 Å². The number of phosphoric acid groups is 1. The minimum Gasteiger partial charge on any atom is -0.462 e. The summed E-state index contributed by atoms with van der Waals surface area (Å²) in [6.45, 7) is 4.14. The molecule has 1 N–H and O–H groups in total. The van der Waals surface area contributed by atoms with Gasteiger partial charge in [0, 0.05) is 12.8 Å². The van der Waals surface area contributed by atoms with Crippen molar-refractivity contribution < 1.29 is 42.1 Å². The van der Waals surface area contributed by atoms with Crippen LogP contribution in [0.1, 0.15) is 155 Å². The predicted octanol–water partition coefficient (Wildman–Crippen LogP) is 12.8. The van der Waals surface area contributed by atoms with Gasteiger partial charge in [-0.15, -0.1) is 0 Å². The van der Waals surface area contributed by atoms with Gasteiger partial charge in [-0.1, -0.05) is 144 Å². The lowest BCUT2D eigenvalue weighted by atomic mass is 10.1. The third-order valence-corrected chi connectivity index (χ3v) is 9.90. The number of hydrogen-bond donors (Lipinski definition) is 1. The highest BCUT2D eigenvalue weighted by atomic mass is 31.2. The molecule has 2 unspecified atom stereocenters. The molecular formula is C48H83NO8P+. The zero-order valence-electron chi connectivity index (χ0n) is 37.2. The third kappa shape index (κ3) is 42.8. The Balaban J connectivity index is 4.42. The molecule has 0 radical (unpaired) electrons. The molecule has 0 spiro atoms. The summed E-state index contributed by atoms with van der Waals surface area (Å²) >= 11 is 0. The first-order valence-corrected chi connectivity index (χ1v) is 23.8. The van der Waals surface area contributed by atoms with Gasteiger partial charge < -0.3 is 18.9 Å². The third-order valence-electron chi connectivity index (χ3n) is 8.92. The molecule has 10 heteroatoms. The number of ether oxygens (including phenoxy) is 2. The average molecular weight is 833 g/mol. The number of hydrogen-bond acceptors (Lipinski definition) is 7. The highest BCUT2D eigenvalue weighted by Gasteiger charge is 2.27. The van der Waals surface area contributed by atoms with Crippen LogP contribution in [0.4, 0.5) is 0 Å². The molecule has 0 amide bonds. The minimum atomic E-state index is -4.39. The number of rotatable bonds is 39. The zero-order valence-corrected chi connectivity index (χ0v) is 38.1. The fourth-order valence-electron chi connectivity index (χ4n) is 5.49. The molecule has 0 aliphatic rings. The van der Waals surface area contributed by atoms with Crippen LogP contribution in [0.15, 0.2) is 85.1 Å². The Morgan fingerprint density at radius 1 is 0.534 bits per heavy atom. The Morgan fingerprint density at radius 2 is 0.931 bits per heavy atom. The SMILES string of the molecule is CC/C=C\C/C=C\C/C=C\C/C=C\CCCCCCC(=O)OC(COC(=O)CCCCCCCCC/C=C\C/C=C\C/C=C\CC)COP(=O)(O)OCC[N+](C)(C)C. The second-order valence-electron chi connectivity index (χ2n) is 15.7. The van der Waals surface area contributed by atoms with E-state index in [1.807, 2.05) is 21.1 Å². The molecule has 0 rings (SSSR count). The highest BCUT2D eigenvalue weighted by molar-refractivity contribution is 7.47. The second-order valence-corrected chi connectivity index (χ2v) is 17.1. The molecule has 0 heterocycles. The van der Waals surface area contributed by atoms with Crippen LogP contribution in [0.5, 0.6) is 0 Å². The molecule has 0 saturated heterocycles. The van der Waals surface area contributed by atoms with E-state index in [0.29, 0.717) is 17.4 Å². The van der Waals surface area contributed by atoms with E-state index in [4.69, 9.17) is 18.5 Å². The van der Waals surface area contributed by atoms with Gasteiger partial charge in [0.05, 0.1) is 27.7 Å². The Bertz CT molecular complexity index is 1260. The van der Waals surface area contributed by atoms with Gasteiger partial charge in [-0.2, -0.15) is 0 Å². The molecule has 0 bridgehead atoms. The number of quaternary nitrogens is 1. The van der Waals surface area contributed by atoms with Gasteiger partial charge >= 0.3 is 19.8 Å². The number of carbonyl (C=O) groups is 2. The summed E-state index contributed by atoms with van der Waals surface area (Å²) in [6, 6.07) is 0. The topological polar surface area (TPSA) is 108 Å². The number of likely N-dealkylation sites (N-methyl/N-ethyl adjacent to an activating group) is 1. The predicted molar refractivity (Wildman–Crippen MR) is 242 cm³/mol. The Morgan fingerprint density at radius 3 is 1.38 bits per heavy atom. The van der Waals surface area contributed by atoms with E-state index in [9.17, 15) is 19.0 Å². The smallest absolute Gasteiger partial charge is 0.462 e. The monoisotopic (exact) mass is 833 g/mol. The van der Waals surface area contributed by atoms with Crippen molar-refractivity contribution in [3.8, 4) is 0 Å². The van der Waals surface area contributed by atoms with Crippen LogP contribution in [0, 0.1) is 0 Å². The molecule has 0 aliphatic carbocycles. The molecule has 0 aromatic rings. The molecule has 9 nitrogen and oxygen atoms in total. The van der Waals surface area contributed by atoms with Crippen LogP contribution < -0.4 is 0 Å². The van der Waals surface area contributed by atoms with Gasteiger partial charge in [-0.25, -0.2) is 4.57 Å². The van der Waals surface area contributed by atoms with Gasteiger partial charge in [0.25, 0.3) is 0 Å². The molecule has 0 aromatic heterocycles. The summed E-state index contributed by atoms with van der Waals surface area (Å²) in [4.78, 5) is 35.4. The van der Waals surface area contributed by atoms with Crippen molar-refractivity contribution in [1.29, 1.82) is 0 Å². The number of nitrogens with zero attached hydrogens (tertiary/aromatic N) is 1. The van der Waals surface area contributed by atoms with Crippen LogP contribution >= 0.6 is 7.82 Å². The lowest BCUT2D eigenvalue weighted by molar-refractivity contribution is -0.870. The van der Waals surface area contributed by atoms with Crippen molar-refractivity contribution in [2.45, 2.75) is 161 Å². The number of unbranched alkanes of at least 4 members (excludes halogenated alkanes) is 11. The molecule has 0 fully saturated rings. The minimum absolute atomic E-state index is 0.0200. The van der Waals surface area contributed by atoms with Crippen molar-refractivity contribution in [2.75, 3.05) is 47.5 Å². The number of esters is 2. The summed E-state index contributed by atoms with van der Waals surface area (Å²) in [5, 5.41) is 0. The molecule has 0 saturated carbocycles. The summed E-state index contributed by atoms with van der Waals surface area (Å²) in [7, 11) is 1.44. The van der Waals surface area contributed by atoms with Crippen LogP contribution in [-0.2, 0) is 32.7 Å². The van der Waals surface area contributed by atoms with Crippen molar-refractivity contribution in [2.24, 2.45) is 0 Å². The summed E-state index contributed by atoms with van der Waals surface area (Å²) in [5.74, 6) is -0.846. The zero-order chi connectivity index (χ0) is 42.8. The quantitative estimate of drug-likeness (QED) is 0.0214. The first-order chi connectivity index (χ1) is 28.0. The van der Waals surface area contributed by atoms with Crippen molar-refractivity contribution in [3.63, 3.8) is 0 Å². The van der Waals surface area contributed by atoms with E-state index in [1.54, 1.807) is 0 Å². The van der Waals surface area contributed by atoms with Gasteiger partial charge in [0.2, 0.25) is 0 Å². The standard InChI is InChI=1S/C48H82NO8P/c1-6-8-10-12-14-16-18-20-22-24-26-28-30-32-34-36-38-40-47(50)54-44-46(45-56-58(52,53)55-43-42-49(3,4)5)57-48(51)41-39-37-35-33-31-29-27-25-23-21-19-17-15-13-11-9-7-2/h8-11,14-17,20-23,27,29,46H,6-7,12-13,18-19,24-26,28,30-45H2,1-5H3/p+1/b10-8-,11-9-,16-14-,17-15-,22-20-,23-21-,29-27-. The van der Waals surface area contributed by atoms with Gasteiger partial charge in [0.1, 0.15) is 19.8 Å². The van der Waals surface area contributed by atoms with Crippen molar-refractivity contribution in [1.82, 2.24) is 0 Å². The number of carbonyl (C=O) groups excluding carboxylic acids is 2. The largest absolute Gasteiger partial charge is 0.472 e. The summed E-state index contributed by atoms with van der Waals surface area (Å²) < 4.78 is 34.3. The fraction of sp³-hybridized carbons (Fsp3) is 0.667. The first kappa shape index (κ1) is 55.2. The second kappa shape index (κ2) is 39.6. The number of allylic oxidation sites excluding steroid dienone is 14. The van der Waals surface area contributed by atoms with Crippen LogP contribution in [-0.4, -0.2) is 74.9 Å². The lowest BCUT2D eigenvalue weighted by Crippen LogP contribution is -2.37. The van der Waals surface area contributed by atoms with Crippen molar-refractivity contribution in [3.05, 3.63) is 85.1 Å². The van der Waals surface area contributed by atoms with E-state index < -0.39 is 26.5 Å². The summed E-state index contributed by atoms with van der Waals surface area (Å²) in [6.07, 6.45) is 50.6. The fourth-order valence-corrected chi connectivity index (χ4v) is 6.23.